The Morgan fingerprint density at radius 1 is 0.933 bits per heavy atom. The van der Waals surface area contributed by atoms with E-state index in [9.17, 15) is 17.2 Å². The molecule has 6 heteroatoms. The average Bonchev–Trinajstić information content (AvgIpc) is 2.09. The van der Waals surface area contributed by atoms with Gasteiger partial charge in [0.25, 0.3) is 10.1 Å². The first-order chi connectivity index (χ1) is 6.68. The van der Waals surface area contributed by atoms with E-state index in [0.29, 0.717) is 5.56 Å². The third-order valence-corrected chi connectivity index (χ3v) is 3.31. The number of hydrogen-bond donors (Lipinski definition) is 1. The normalized spacial score (nSPS) is 11.9. The molecule has 1 N–H and O–H groups in total. The van der Waals surface area contributed by atoms with Crippen LogP contribution in [0.3, 0.4) is 0 Å². The van der Waals surface area contributed by atoms with Crippen LogP contribution in [0.1, 0.15) is 16.7 Å². The Morgan fingerprint density at radius 2 is 1.27 bits per heavy atom. The minimum atomic E-state index is -4.88. The average molecular weight is 236 g/mol. The van der Waals surface area contributed by atoms with Gasteiger partial charge in [0, 0.05) is 0 Å². The van der Waals surface area contributed by atoms with E-state index in [1.807, 2.05) is 0 Å². The molecular formula is C9H10F2O3S. The van der Waals surface area contributed by atoms with Crippen molar-refractivity contribution in [2.45, 2.75) is 25.7 Å². The summed E-state index contributed by atoms with van der Waals surface area (Å²) < 4.78 is 57.1. The Kier molecular flexibility index (Phi) is 2.84. The van der Waals surface area contributed by atoms with Crippen molar-refractivity contribution in [2.75, 3.05) is 0 Å². The topological polar surface area (TPSA) is 54.4 Å². The lowest BCUT2D eigenvalue weighted by Gasteiger charge is -2.11. The van der Waals surface area contributed by atoms with Crippen LogP contribution in [0.15, 0.2) is 4.90 Å². The first kappa shape index (κ1) is 12.1. The summed E-state index contributed by atoms with van der Waals surface area (Å²) in [5, 5.41) is 0. The molecule has 0 aliphatic carbocycles. The van der Waals surface area contributed by atoms with Gasteiger partial charge in [-0.15, -0.1) is 0 Å². The summed E-state index contributed by atoms with van der Waals surface area (Å²) in [6.45, 7) is 4.13. The number of halogens is 2. The fraction of sp³-hybridized carbons (Fsp3) is 0.333. The largest absolute Gasteiger partial charge is 0.300 e. The van der Waals surface area contributed by atoms with E-state index in [0.717, 1.165) is 0 Å². The predicted octanol–water partition coefficient (Wildman–Crippen LogP) is 2.14. The lowest BCUT2D eigenvalue weighted by Crippen LogP contribution is -2.10. The SMILES string of the molecule is Cc1c(C)c(F)c(S(=O)(=O)O)c(F)c1C. The molecule has 0 bridgehead atoms. The van der Waals surface area contributed by atoms with Gasteiger partial charge < -0.3 is 0 Å². The summed E-state index contributed by atoms with van der Waals surface area (Å²) in [5.41, 5.74) is 0.362. The van der Waals surface area contributed by atoms with Crippen molar-refractivity contribution >= 4 is 10.1 Å². The zero-order chi connectivity index (χ0) is 12.0. The van der Waals surface area contributed by atoms with Crippen molar-refractivity contribution in [3.63, 3.8) is 0 Å². The van der Waals surface area contributed by atoms with Crippen molar-refractivity contribution in [3.8, 4) is 0 Å². The molecule has 0 amide bonds. The van der Waals surface area contributed by atoms with Crippen LogP contribution < -0.4 is 0 Å². The van der Waals surface area contributed by atoms with Gasteiger partial charge in [-0.2, -0.15) is 8.42 Å². The first-order valence-electron chi connectivity index (χ1n) is 4.10. The maximum Gasteiger partial charge on any atom is 0.300 e. The highest BCUT2D eigenvalue weighted by Crippen LogP contribution is 2.27. The Morgan fingerprint density at radius 3 is 1.53 bits per heavy atom. The van der Waals surface area contributed by atoms with Crippen LogP contribution >= 0.6 is 0 Å². The highest BCUT2D eigenvalue weighted by atomic mass is 32.2. The highest BCUT2D eigenvalue weighted by molar-refractivity contribution is 7.85. The molecule has 0 saturated heterocycles. The lowest BCUT2D eigenvalue weighted by molar-refractivity contribution is 0.452. The van der Waals surface area contributed by atoms with Crippen LogP contribution in [0, 0.1) is 32.4 Å². The molecule has 1 rings (SSSR count). The monoisotopic (exact) mass is 236 g/mol. The molecule has 0 aliphatic rings. The number of rotatable bonds is 1. The molecule has 1 aromatic carbocycles. The fourth-order valence-corrected chi connectivity index (χ4v) is 2.03. The minimum absolute atomic E-state index is 0.0153. The predicted molar refractivity (Wildman–Crippen MR) is 50.4 cm³/mol. The molecule has 0 heterocycles. The molecular weight excluding hydrogens is 226 g/mol. The highest BCUT2D eigenvalue weighted by Gasteiger charge is 2.26. The van der Waals surface area contributed by atoms with Gasteiger partial charge in [-0.05, 0) is 37.5 Å². The van der Waals surface area contributed by atoms with E-state index < -0.39 is 26.6 Å². The second kappa shape index (κ2) is 3.53. The van der Waals surface area contributed by atoms with Gasteiger partial charge in [0.2, 0.25) is 0 Å². The van der Waals surface area contributed by atoms with E-state index >= 15 is 0 Å². The van der Waals surface area contributed by atoms with E-state index in [4.69, 9.17) is 4.55 Å². The maximum absolute atomic E-state index is 13.4. The smallest absolute Gasteiger partial charge is 0.282 e. The summed E-state index contributed by atoms with van der Waals surface area (Å²) in [6.07, 6.45) is 0. The Labute approximate surface area is 86.5 Å². The van der Waals surface area contributed by atoms with E-state index in [1.165, 1.54) is 20.8 Å². The summed E-state index contributed by atoms with van der Waals surface area (Å²) in [5.74, 6) is -2.48. The van der Waals surface area contributed by atoms with Gasteiger partial charge in [-0.3, -0.25) is 4.55 Å². The van der Waals surface area contributed by atoms with Gasteiger partial charge in [-0.25, -0.2) is 8.78 Å². The van der Waals surface area contributed by atoms with Gasteiger partial charge in [-0.1, -0.05) is 0 Å². The summed E-state index contributed by atoms with van der Waals surface area (Å²) in [6, 6.07) is 0. The van der Waals surface area contributed by atoms with Crippen molar-refractivity contribution in [3.05, 3.63) is 28.3 Å². The summed E-state index contributed by atoms with van der Waals surface area (Å²) in [4.78, 5) is -1.27. The standard InChI is InChI=1S/C9H10F2O3S/c1-4-5(2)7(10)9(15(12,13)14)8(11)6(4)3/h1-3H3,(H,12,13,14). The summed E-state index contributed by atoms with van der Waals surface area (Å²) >= 11 is 0. The van der Waals surface area contributed by atoms with Crippen molar-refractivity contribution in [2.24, 2.45) is 0 Å². The molecule has 1 aromatic rings. The van der Waals surface area contributed by atoms with Crippen molar-refractivity contribution < 1.29 is 21.8 Å². The number of benzene rings is 1. The molecule has 0 aliphatic heterocycles. The minimum Gasteiger partial charge on any atom is -0.282 e. The molecule has 0 saturated carbocycles. The fourth-order valence-electron chi connectivity index (χ4n) is 1.27. The van der Waals surface area contributed by atoms with Crippen LogP contribution in [0.4, 0.5) is 8.78 Å². The molecule has 0 radical (unpaired) electrons. The number of hydrogen-bond acceptors (Lipinski definition) is 2. The second-order valence-corrected chi connectivity index (χ2v) is 4.67. The summed E-state index contributed by atoms with van der Waals surface area (Å²) in [7, 11) is -4.88. The molecule has 3 nitrogen and oxygen atoms in total. The molecule has 0 unspecified atom stereocenters. The van der Waals surface area contributed by atoms with Crippen LogP contribution in [0.5, 0.6) is 0 Å². The molecule has 84 valence electrons. The van der Waals surface area contributed by atoms with Gasteiger partial charge in [0.1, 0.15) is 11.6 Å². The molecule has 0 spiro atoms. The van der Waals surface area contributed by atoms with Crippen LogP contribution in [-0.2, 0) is 10.1 Å². The maximum atomic E-state index is 13.4. The zero-order valence-corrected chi connectivity index (χ0v) is 9.24. The molecule has 0 atom stereocenters. The van der Waals surface area contributed by atoms with E-state index in [-0.39, 0.29) is 11.1 Å². The van der Waals surface area contributed by atoms with Crippen LogP contribution in [0.25, 0.3) is 0 Å². The third kappa shape index (κ3) is 1.87. The second-order valence-electron chi connectivity index (χ2n) is 3.31. The quantitative estimate of drug-likeness (QED) is 0.760. The van der Waals surface area contributed by atoms with Crippen LogP contribution in [0.2, 0.25) is 0 Å². The first-order valence-corrected chi connectivity index (χ1v) is 5.54. The molecule has 0 aromatic heterocycles. The molecule has 0 fully saturated rings. The van der Waals surface area contributed by atoms with Gasteiger partial charge in [0.15, 0.2) is 4.90 Å². The van der Waals surface area contributed by atoms with E-state index in [1.54, 1.807) is 0 Å². The molecule has 15 heavy (non-hydrogen) atoms. The van der Waals surface area contributed by atoms with Crippen molar-refractivity contribution in [1.29, 1.82) is 0 Å². The zero-order valence-electron chi connectivity index (χ0n) is 8.43. The van der Waals surface area contributed by atoms with Crippen molar-refractivity contribution in [1.82, 2.24) is 0 Å². The van der Waals surface area contributed by atoms with Crippen LogP contribution in [-0.4, -0.2) is 13.0 Å². The Hall–Kier alpha value is -1.01. The Bertz CT molecular complexity index is 492. The van der Waals surface area contributed by atoms with Gasteiger partial charge in [0.05, 0.1) is 0 Å². The van der Waals surface area contributed by atoms with Gasteiger partial charge >= 0.3 is 0 Å². The Balaban J connectivity index is 3.84. The third-order valence-electron chi connectivity index (χ3n) is 2.44. The van der Waals surface area contributed by atoms with E-state index in [2.05, 4.69) is 0 Å². The lowest BCUT2D eigenvalue weighted by atomic mass is 10.0.